The van der Waals surface area contributed by atoms with Gasteiger partial charge < -0.3 is 9.64 Å². The molecule has 3 heteroatoms. The van der Waals surface area contributed by atoms with Crippen LogP contribution in [0.5, 0.6) is 5.75 Å². The van der Waals surface area contributed by atoms with E-state index in [1.54, 1.807) is 0 Å². The summed E-state index contributed by atoms with van der Waals surface area (Å²) < 4.78 is 6.06. The second kappa shape index (κ2) is 8.79. The van der Waals surface area contributed by atoms with E-state index in [2.05, 4.69) is 50.8 Å². The van der Waals surface area contributed by atoms with E-state index in [0.29, 0.717) is 0 Å². The molecule has 126 valence electrons. The minimum atomic E-state index is 0. The molecule has 0 aromatic heterocycles. The number of unbranched alkanes of at least 4 members (excludes halogenated alkanes) is 1. The fourth-order valence-electron chi connectivity index (χ4n) is 2.98. The highest BCUT2D eigenvalue weighted by molar-refractivity contribution is 5.85. The highest BCUT2D eigenvalue weighted by Gasteiger charge is 2.19. The quantitative estimate of drug-likeness (QED) is 0.685. The topological polar surface area (TPSA) is 12.5 Å². The van der Waals surface area contributed by atoms with E-state index in [0.717, 1.165) is 18.8 Å². The van der Waals surface area contributed by atoms with Gasteiger partial charge in [-0.3, -0.25) is 0 Å². The number of halogens is 1. The van der Waals surface area contributed by atoms with Crippen LogP contribution in [0.3, 0.4) is 0 Å². The summed E-state index contributed by atoms with van der Waals surface area (Å²) in [5, 5.41) is 0. The Bertz CT molecular complexity index is 447. The van der Waals surface area contributed by atoms with Gasteiger partial charge in [0.05, 0.1) is 6.61 Å². The van der Waals surface area contributed by atoms with Crippen molar-refractivity contribution in [2.75, 3.05) is 26.2 Å². The Labute approximate surface area is 142 Å². The molecule has 0 atom stereocenters. The molecule has 0 N–H and O–H groups in total. The maximum atomic E-state index is 6.06. The van der Waals surface area contributed by atoms with Crippen LogP contribution in [0.1, 0.15) is 57.6 Å². The molecule has 1 aliphatic heterocycles. The first-order valence-corrected chi connectivity index (χ1v) is 8.43. The van der Waals surface area contributed by atoms with Crippen LogP contribution in [0.25, 0.3) is 0 Å². The number of rotatable bonds is 6. The fourth-order valence-corrected chi connectivity index (χ4v) is 2.98. The molecular formula is C19H32ClNO. The molecule has 1 saturated heterocycles. The van der Waals surface area contributed by atoms with Crippen molar-refractivity contribution in [1.29, 1.82) is 0 Å². The minimum absolute atomic E-state index is 0. The van der Waals surface area contributed by atoms with Gasteiger partial charge in [0, 0.05) is 0 Å². The van der Waals surface area contributed by atoms with Gasteiger partial charge in [-0.2, -0.15) is 0 Å². The van der Waals surface area contributed by atoms with Gasteiger partial charge >= 0.3 is 0 Å². The lowest BCUT2D eigenvalue weighted by atomic mass is 9.85. The molecular weight excluding hydrogens is 294 g/mol. The standard InChI is InChI=1S/C19H31NO.ClH/c1-16-9-10-18(17(15-16)19(2,3)4)21-14-8-7-13-20-11-5-6-12-20;/h9-10,15H,5-8,11-14H2,1-4H3;1H. The molecule has 2 rings (SSSR count). The van der Waals surface area contributed by atoms with Gasteiger partial charge in [-0.15, -0.1) is 12.4 Å². The van der Waals surface area contributed by atoms with E-state index in [1.807, 2.05) is 0 Å². The maximum absolute atomic E-state index is 6.06. The van der Waals surface area contributed by atoms with Crippen LogP contribution in [0.4, 0.5) is 0 Å². The van der Waals surface area contributed by atoms with Gasteiger partial charge in [-0.1, -0.05) is 38.5 Å². The summed E-state index contributed by atoms with van der Waals surface area (Å²) in [5.41, 5.74) is 2.76. The molecule has 22 heavy (non-hydrogen) atoms. The average Bonchev–Trinajstić information content (AvgIpc) is 2.92. The summed E-state index contributed by atoms with van der Waals surface area (Å²) in [6.07, 6.45) is 5.16. The zero-order valence-electron chi connectivity index (χ0n) is 14.7. The third-order valence-electron chi connectivity index (χ3n) is 4.27. The van der Waals surface area contributed by atoms with E-state index in [4.69, 9.17) is 4.74 Å². The largest absolute Gasteiger partial charge is 0.493 e. The van der Waals surface area contributed by atoms with E-state index >= 15 is 0 Å². The average molecular weight is 326 g/mol. The number of aryl methyl sites for hydroxylation is 1. The second-order valence-corrected chi connectivity index (χ2v) is 7.35. The van der Waals surface area contributed by atoms with Crippen molar-refractivity contribution in [3.8, 4) is 5.75 Å². The van der Waals surface area contributed by atoms with Crippen molar-refractivity contribution in [2.45, 2.75) is 58.8 Å². The zero-order valence-corrected chi connectivity index (χ0v) is 15.5. The van der Waals surface area contributed by atoms with Crippen LogP contribution in [0.15, 0.2) is 18.2 Å². The Kier molecular flexibility index (Phi) is 7.71. The Balaban J connectivity index is 0.00000242. The summed E-state index contributed by atoms with van der Waals surface area (Å²) in [6, 6.07) is 6.55. The van der Waals surface area contributed by atoms with Gasteiger partial charge in [-0.25, -0.2) is 0 Å². The molecule has 0 radical (unpaired) electrons. The smallest absolute Gasteiger partial charge is 0.123 e. The molecule has 0 saturated carbocycles. The van der Waals surface area contributed by atoms with Crippen molar-refractivity contribution < 1.29 is 4.74 Å². The van der Waals surface area contributed by atoms with Crippen molar-refractivity contribution in [2.24, 2.45) is 0 Å². The molecule has 1 heterocycles. The lowest BCUT2D eigenvalue weighted by Crippen LogP contribution is -2.20. The molecule has 0 aliphatic carbocycles. The Morgan fingerprint density at radius 1 is 1.09 bits per heavy atom. The molecule has 0 unspecified atom stereocenters. The third kappa shape index (κ3) is 5.81. The molecule has 1 aliphatic rings. The van der Waals surface area contributed by atoms with Crippen LogP contribution in [-0.2, 0) is 5.41 Å². The fraction of sp³-hybridized carbons (Fsp3) is 0.684. The molecule has 1 aromatic carbocycles. The van der Waals surface area contributed by atoms with E-state index in [9.17, 15) is 0 Å². The SMILES string of the molecule is Cc1ccc(OCCCCN2CCCC2)c(C(C)(C)C)c1.Cl. The van der Waals surface area contributed by atoms with Gasteiger partial charge in [-0.05, 0) is 69.3 Å². The molecule has 0 amide bonds. The van der Waals surface area contributed by atoms with Crippen LogP contribution in [-0.4, -0.2) is 31.1 Å². The van der Waals surface area contributed by atoms with Gasteiger partial charge in [0.15, 0.2) is 0 Å². The lowest BCUT2D eigenvalue weighted by Gasteiger charge is -2.23. The Morgan fingerprint density at radius 2 is 1.77 bits per heavy atom. The summed E-state index contributed by atoms with van der Waals surface area (Å²) >= 11 is 0. The van der Waals surface area contributed by atoms with E-state index in [1.165, 1.54) is 50.0 Å². The number of benzene rings is 1. The number of likely N-dealkylation sites (tertiary alicyclic amines) is 1. The van der Waals surface area contributed by atoms with Crippen molar-refractivity contribution in [1.82, 2.24) is 4.90 Å². The zero-order chi connectivity index (χ0) is 15.3. The number of hydrogen-bond donors (Lipinski definition) is 0. The predicted molar refractivity (Wildman–Crippen MR) is 97.5 cm³/mol. The highest BCUT2D eigenvalue weighted by Crippen LogP contribution is 2.32. The van der Waals surface area contributed by atoms with Crippen LogP contribution >= 0.6 is 12.4 Å². The van der Waals surface area contributed by atoms with Crippen LogP contribution < -0.4 is 4.74 Å². The van der Waals surface area contributed by atoms with Gasteiger partial charge in [0.2, 0.25) is 0 Å². The first kappa shape index (κ1) is 19.3. The second-order valence-electron chi connectivity index (χ2n) is 7.35. The summed E-state index contributed by atoms with van der Waals surface area (Å²) in [6.45, 7) is 13.6. The maximum Gasteiger partial charge on any atom is 0.123 e. The van der Waals surface area contributed by atoms with Gasteiger partial charge in [0.1, 0.15) is 5.75 Å². The molecule has 0 bridgehead atoms. The van der Waals surface area contributed by atoms with Crippen LogP contribution in [0, 0.1) is 6.92 Å². The first-order chi connectivity index (χ1) is 9.97. The van der Waals surface area contributed by atoms with E-state index in [-0.39, 0.29) is 17.8 Å². The van der Waals surface area contributed by atoms with Gasteiger partial charge in [0.25, 0.3) is 0 Å². The van der Waals surface area contributed by atoms with Crippen molar-refractivity contribution in [3.63, 3.8) is 0 Å². The van der Waals surface area contributed by atoms with Crippen molar-refractivity contribution in [3.05, 3.63) is 29.3 Å². The Hall–Kier alpha value is -0.730. The number of ether oxygens (including phenoxy) is 1. The first-order valence-electron chi connectivity index (χ1n) is 8.43. The van der Waals surface area contributed by atoms with Crippen molar-refractivity contribution >= 4 is 12.4 Å². The number of hydrogen-bond acceptors (Lipinski definition) is 2. The molecule has 1 aromatic rings. The monoisotopic (exact) mass is 325 g/mol. The summed E-state index contributed by atoms with van der Waals surface area (Å²) in [7, 11) is 0. The lowest BCUT2D eigenvalue weighted by molar-refractivity contribution is 0.275. The Morgan fingerprint density at radius 3 is 2.41 bits per heavy atom. The molecule has 2 nitrogen and oxygen atoms in total. The predicted octanol–water partition coefficient (Wildman–Crippen LogP) is 4.97. The summed E-state index contributed by atoms with van der Waals surface area (Å²) in [5.74, 6) is 1.06. The normalized spacial score (nSPS) is 15.6. The minimum Gasteiger partial charge on any atom is -0.493 e. The third-order valence-corrected chi connectivity index (χ3v) is 4.27. The molecule has 0 spiro atoms. The highest BCUT2D eigenvalue weighted by atomic mass is 35.5. The van der Waals surface area contributed by atoms with E-state index < -0.39 is 0 Å². The number of nitrogens with zero attached hydrogens (tertiary/aromatic N) is 1. The van der Waals surface area contributed by atoms with Crippen LogP contribution in [0.2, 0.25) is 0 Å². The molecule has 1 fully saturated rings. The summed E-state index contributed by atoms with van der Waals surface area (Å²) in [4.78, 5) is 2.58.